The molecule has 0 radical (unpaired) electrons. The molecule has 1 heterocycles. The van der Waals surface area contributed by atoms with E-state index in [-0.39, 0.29) is 18.2 Å². The van der Waals surface area contributed by atoms with Gasteiger partial charge in [0.05, 0.1) is 17.6 Å². The number of likely N-dealkylation sites (tertiary alicyclic amines) is 1. The minimum atomic E-state index is -0.852. The van der Waals surface area contributed by atoms with Gasteiger partial charge in [0.2, 0.25) is 0 Å². The summed E-state index contributed by atoms with van der Waals surface area (Å²) in [7, 11) is 0. The first-order valence-corrected chi connectivity index (χ1v) is 8.57. The van der Waals surface area contributed by atoms with E-state index in [1.165, 1.54) is 0 Å². The predicted molar refractivity (Wildman–Crippen MR) is 95.2 cm³/mol. The van der Waals surface area contributed by atoms with Crippen molar-refractivity contribution in [3.63, 3.8) is 0 Å². The molecule has 1 aliphatic heterocycles. The topological polar surface area (TPSA) is 78.9 Å². The largest absolute Gasteiger partial charge is 0.481 e. The van der Waals surface area contributed by atoms with Crippen LogP contribution in [0, 0.1) is 5.41 Å². The lowest BCUT2D eigenvalue weighted by Crippen LogP contribution is -2.40. The minimum absolute atomic E-state index is 0.198. The van der Waals surface area contributed by atoms with Crippen molar-refractivity contribution in [2.45, 2.75) is 52.9 Å². The third-order valence-corrected chi connectivity index (χ3v) is 4.38. The minimum Gasteiger partial charge on any atom is -0.481 e. The lowest BCUT2D eigenvalue weighted by atomic mass is 9.90. The number of aliphatic carboxylic acids is 1. The van der Waals surface area contributed by atoms with Gasteiger partial charge in [-0.3, -0.25) is 4.79 Å². The molecule has 1 unspecified atom stereocenters. The molecular weight excluding hydrogens is 320 g/mol. The number of nitrogens with one attached hydrogen (secondary N) is 1. The second-order valence-corrected chi connectivity index (χ2v) is 7.92. The molecule has 138 valence electrons. The highest BCUT2D eigenvalue weighted by atomic mass is 16.5. The summed E-state index contributed by atoms with van der Waals surface area (Å²) in [5.41, 5.74) is 1.00. The Balaban J connectivity index is 1.87. The summed E-state index contributed by atoms with van der Waals surface area (Å²) in [5.74, 6) is -0.852. The predicted octanol–water partition coefficient (Wildman–Crippen LogP) is 3.01. The molecule has 6 heteroatoms. The van der Waals surface area contributed by atoms with Gasteiger partial charge in [-0.15, -0.1) is 0 Å². The number of carbonyl (C=O) groups excluding carboxylic acids is 1. The van der Waals surface area contributed by atoms with Gasteiger partial charge in [0, 0.05) is 19.6 Å². The van der Waals surface area contributed by atoms with Crippen LogP contribution in [0.4, 0.5) is 4.79 Å². The van der Waals surface area contributed by atoms with Gasteiger partial charge in [-0.05, 0) is 45.2 Å². The maximum Gasteiger partial charge on any atom is 0.317 e. The van der Waals surface area contributed by atoms with Crippen LogP contribution in [0.2, 0.25) is 0 Å². The summed E-state index contributed by atoms with van der Waals surface area (Å²) >= 11 is 0. The van der Waals surface area contributed by atoms with Gasteiger partial charge in [0.15, 0.2) is 0 Å². The molecular formula is C19H28N2O4. The zero-order valence-corrected chi connectivity index (χ0v) is 15.5. The number of rotatable bonds is 5. The lowest BCUT2D eigenvalue weighted by molar-refractivity contribution is -0.147. The first-order chi connectivity index (χ1) is 11.6. The Labute approximate surface area is 149 Å². The normalized spacial score (nSPS) is 20.6. The number of amides is 2. The zero-order chi connectivity index (χ0) is 18.7. The molecule has 1 saturated heterocycles. The number of ether oxygens (including phenoxy) is 1. The molecule has 1 fully saturated rings. The molecule has 1 aliphatic rings. The molecule has 1 aromatic carbocycles. The monoisotopic (exact) mass is 348 g/mol. The summed E-state index contributed by atoms with van der Waals surface area (Å²) in [5, 5.41) is 12.1. The van der Waals surface area contributed by atoms with E-state index in [0.717, 1.165) is 11.1 Å². The molecule has 2 amide bonds. The maximum absolute atomic E-state index is 12.3. The van der Waals surface area contributed by atoms with E-state index in [9.17, 15) is 14.7 Å². The fourth-order valence-electron chi connectivity index (χ4n) is 2.73. The van der Waals surface area contributed by atoms with Crippen LogP contribution in [0.5, 0.6) is 0 Å². The van der Waals surface area contributed by atoms with Crippen molar-refractivity contribution in [2.24, 2.45) is 5.41 Å². The third kappa shape index (κ3) is 5.46. The Hall–Kier alpha value is -2.08. The Kier molecular flexibility index (Phi) is 5.72. The van der Waals surface area contributed by atoms with Gasteiger partial charge in [-0.1, -0.05) is 24.3 Å². The van der Waals surface area contributed by atoms with Crippen molar-refractivity contribution in [3.05, 3.63) is 35.4 Å². The van der Waals surface area contributed by atoms with E-state index in [1.54, 1.807) is 11.8 Å². The van der Waals surface area contributed by atoms with Gasteiger partial charge in [-0.2, -0.15) is 0 Å². The van der Waals surface area contributed by atoms with E-state index in [2.05, 4.69) is 5.32 Å². The molecule has 0 aliphatic carbocycles. The molecule has 1 aromatic rings. The van der Waals surface area contributed by atoms with Crippen LogP contribution in [0.1, 0.15) is 45.2 Å². The van der Waals surface area contributed by atoms with E-state index < -0.39 is 11.4 Å². The highest BCUT2D eigenvalue weighted by molar-refractivity contribution is 5.79. The molecule has 1 atom stereocenters. The second-order valence-electron chi connectivity index (χ2n) is 7.92. The fourth-order valence-corrected chi connectivity index (χ4v) is 2.73. The third-order valence-electron chi connectivity index (χ3n) is 4.38. The van der Waals surface area contributed by atoms with Gasteiger partial charge in [0.1, 0.15) is 0 Å². The molecule has 2 rings (SSSR count). The maximum atomic E-state index is 12.3. The van der Waals surface area contributed by atoms with Crippen LogP contribution >= 0.6 is 0 Å². The van der Waals surface area contributed by atoms with Crippen LogP contribution in [0.3, 0.4) is 0 Å². The Morgan fingerprint density at radius 3 is 2.60 bits per heavy atom. The van der Waals surface area contributed by atoms with Crippen LogP contribution < -0.4 is 5.32 Å². The average Bonchev–Trinajstić information content (AvgIpc) is 2.94. The van der Waals surface area contributed by atoms with Gasteiger partial charge < -0.3 is 20.1 Å². The molecule has 0 spiro atoms. The van der Waals surface area contributed by atoms with E-state index in [4.69, 9.17) is 4.74 Å². The highest BCUT2D eigenvalue weighted by Gasteiger charge is 2.42. The summed E-state index contributed by atoms with van der Waals surface area (Å²) in [6.07, 6.45) is 0.482. The van der Waals surface area contributed by atoms with Gasteiger partial charge >= 0.3 is 12.0 Å². The number of nitrogens with zero attached hydrogens (tertiary/aromatic N) is 1. The van der Waals surface area contributed by atoms with Crippen molar-refractivity contribution >= 4 is 12.0 Å². The summed E-state index contributed by atoms with van der Waals surface area (Å²) in [6, 6.07) is 7.68. The molecule has 0 bridgehead atoms. The standard InChI is InChI=1S/C19H28N2O4/c1-18(2,3)25-12-15-7-5-6-14(10-15)11-20-17(24)21-9-8-19(4,13-21)16(22)23/h5-7,10H,8-9,11-13H2,1-4H3,(H,20,24)(H,22,23). The summed E-state index contributed by atoms with van der Waals surface area (Å²) in [4.78, 5) is 25.1. The average molecular weight is 348 g/mol. The Morgan fingerprint density at radius 2 is 2.00 bits per heavy atom. The zero-order valence-electron chi connectivity index (χ0n) is 15.5. The lowest BCUT2D eigenvalue weighted by Gasteiger charge is -2.21. The first kappa shape index (κ1) is 19.2. The highest BCUT2D eigenvalue weighted by Crippen LogP contribution is 2.30. The number of hydrogen-bond donors (Lipinski definition) is 2. The van der Waals surface area contributed by atoms with Crippen LogP contribution in [0.25, 0.3) is 0 Å². The number of carboxylic acids is 1. The van der Waals surface area contributed by atoms with Crippen LogP contribution in [0.15, 0.2) is 24.3 Å². The molecule has 6 nitrogen and oxygen atoms in total. The number of carbonyl (C=O) groups is 2. The van der Waals surface area contributed by atoms with Crippen LogP contribution in [-0.2, 0) is 22.7 Å². The molecule has 25 heavy (non-hydrogen) atoms. The number of hydrogen-bond acceptors (Lipinski definition) is 3. The summed E-state index contributed by atoms with van der Waals surface area (Å²) in [6.45, 7) is 9.36. The van der Waals surface area contributed by atoms with E-state index in [0.29, 0.717) is 26.1 Å². The number of carboxylic acid groups (broad SMARTS) is 1. The van der Waals surface area contributed by atoms with Gasteiger partial charge in [-0.25, -0.2) is 4.79 Å². The molecule has 0 saturated carbocycles. The first-order valence-electron chi connectivity index (χ1n) is 8.57. The number of urea groups is 1. The SMILES string of the molecule is CC(C)(C)OCc1cccc(CNC(=O)N2CCC(C)(C(=O)O)C2)c1. The van der Waals surface area contributed by atoms with Crippen molar-refractivity contribution in [1.82, 2.24) is 10.2 Å². The quantitative estimate of drug-likeness (QED) is 0.857. The molecule has 0 aromatic heterocycles. The number of benzene rings is 1. The smallest absolute Gasteiger partial charge is 0.317 e. The van der Waals surface area contributed by atoms with E-state index in [1.807, 2.05) is 45.0 Å². The van der Waals surface area contributed by atoms with Gasteiger partial charge in [0.25, 0.3) is 0 Å². The molecule has 2 N–H and O–H groups in total. The van der Waals surface area contributed by atoms with E-state index >= 15 is 0 Å². The Morgan fingerprint density at radius 1 is 1.32 bits per heavy atom. The van der Waals surface area contributed by atoms with Crippen molar-refractivity contribution in [3.8, 4) is 0 Å². The van der Waals surface area contributed by atoms with Crippen LogP contribution in [-0.4, -0.2) is 40.7 Å². The summed E-state index contributed by atoms with van der Waals surface area (Å²) < 4.78 is 5.77. The second kappa shape index (κ2) is 7.44. The van der Waals surface area contributed by atoms with Crippen molar-refractivity contribution in [2.75, 3.05) is 13.1 Å². The fraction of sp³-hybridized carbons (Fsp3) is 0.579. The van der Waals surface area contributed by atoms with Crippen molar-refractivity contribution in [1.29, 1.82) is 0 Å². The Bertz CT molecular complexity index is 639. The van der Waals surface area contributed by atoms with Crippen molar-refractivity contribution < 1.29 is 19.4 Å².